The minimum absolute atomic E-state index is 0.269. The van der Waals surface area contributed by atoms with Gasteiger partial charge in [-0.3, -0.25) is 0 Å². The number of hydrogen-bond donors (Lipinski definition) is 0. The molecule has 6 nitrogen and oxygen atoms in total. The highest BCUT2D eigenvalue weighted by Gasteiger charge is 2.47. The predicted octanol–water partition coefficient (Wildman–Crippen LogP) is 5.88. The summed E-state index contributed by atoms with van der Waals surface area (Å²) in [5, 5.41) is 0. The SMILES string of the molecule is C=C[Si](C)(O[Si](C)(C)C)O[Si](C)(C)O[Si](C)(CCCOCC1CCCO1)O[Si](C)(C)C. The van der Waals surface area contributed by atoms with Gasteiger partial charge in [0.1, 0.15) is 0 Å². The Morgan fingerprint density at radius 2 is 1.48 bits per heavy atom. The van der Waals surface area contributed by atoms with E-state index in [4.69, 9.17) is 25.9 Å². The van der Waals surface area contributed by atoms with Crippen molar-refractivity contribution in [2.75, 3.05) is 19.8 Å². The first kappa shape index (κ1) is 29.6. The number of ether oxygens (including phenoxy) is 2. The monoisotopic (exact) mass is 524 g/mol. The van der Waals surface area contributed by atoms with Gasteiger partial charge in [0.2, 0.25) is 0 Å². The summed E-state index contributed by atoms with van der Waals surface area (Å²) in [4.78, 5) is 0. The summed E-state index contributed by atoms with van der Waals surface area (Å²) in [7, 11) is -11.0. The molecule has 0 aliphatic carbocycles. The molecule has 31 heavy (non-hydrogen) atoms. The van der Waals surface area contributed by atoms with Gasteiger partial charge in [0, 0.05) is 13.2 Å². The van der Waals surface area contributed by atoms with Crippen molar-refractivity contribution in [3.8, 4) is 0 Å². The molecule has 1 saturated heterocycles. The van der Waals surface area contributed by atoms with Crippen molar-refractivity contribution in [2.24, 2.45) is 0 Å². The van der Waals surface area contributed by atoms with Gasteiger partial charge in [-0.1, -0.05) is 5.70 Å². The third-order valence-electron chi connectivity index (χ3n) is 4.56. The van der Waals surface area contributed by atoms with Crippen LogP contribution in [-0.4, -0.2) is 68.2 Å². The minimum atomic E-state index is -2.51. The van der Waals surface area contributed by atoms with E-state index in [2.05, 4.69) is 72.0 Å². The summed E-state index contributed by atoms with van der Waals surface area (Å²) >= 11 is 0. The molecule has 0 N–H and O–H groups in total. The second-order valence-electron chi connectivity index (χ2n) is 11.2. The quantitative estimate of drug-likeness (QED) is 0.197. The molecule has 0 radical (unpaired) electrons. The van der Waals surface area contributed by atoms with Crippen LogP contribution in [-0.2, 0) is 25.9 Å². The molecule has 0 saturated carbocycles. The summed E-state index contributed by atoms with van der Waals surface area (Å²) in [5.74, 6) is 0. The van der Waals surface area contributed by atoms with Crippen molar-refractivity contribution in [3.63, 3.8) is 0 Å². The lowest BCUT2D eigenvalue weighted by molar-refractivity contribution is 0.0172. The normalized spacial score (nSPS) is 22.2. The van der Waals surface area contributed by atoms with Gasteiger partial charge in [-0.2, -0.15) is 0 Å². The zero-order chi connectivity index (χ0) is 24.0. The van der Waals surface area contributed by atoms with E-state index in [0.29, 0.717) is 13.2 Å². The number of hydrogen-bond acceptors (Lipinski definition) is 6. The average molecular weight is 525 g/mol. The zero-order valence-corrected chi connectivity index (χ0v) is 26.8. The Morgan fingerprint density at radius 3 is 1.97 bits per heavy atom. The largest absolute Gasteiger partial charge is 0.437 e. The highest BCUT2D eigenvalue weighted by atomic mass is 28.5. The second kappa shape index (κ2) is 11.8. The lowest BCUT2D eigenvalue weighted by Crippen LogP contribution is -2.59. The molecule has 0 spiro atoms. The molecule has 1 aliphatic heterocycles. The summed E-state index contributed by atoms with van der Waals surface area (Å²) < 4.78 is 38.1. The summed E-state index contributed by atoms with van der Waals surface area (Å²) in [6.45, 7) is 28.0. The fourth-order valence-corrected chi connectivity index (χ4v) is 26.0. The first-order valence-corrected chi connectivity index (χ1v) is 26.2. The molecule has 184 valence electrons. The van der Waals surface area contributed by atoms with Crippen molar-refractivity contribution in [2.45, 2.75) is 96.9 Å². The second-order valence-corrected chi connectivity index (χ2v) is 30.9. The van der Waals surface area contributed by atoms with Gasteiger partial charge in [-0.15, -0.1) is 6.58 Å². The Morgan fingerprint density at radius 1 is 0.871 bits per heavy atom. The van der Waals surface area contributed by atoms with E-state index < -0.39 is 42.3 Å². The Balaban J connectivity index is 2.74. The molecular formula is C20H48O6Si5. The summed E-state index contributed by atoms with van der Waals surface area (Å²) in [5.41, 5.74) is 1.89. The van der Waals surface area contributed by atoms with Crippen LogP contribution in [0.4, 0.5) is 0 Å². The van der Waals surface area contributed by atoms with Crippen LogP contribution >= 0.6 is 0 Å². The van der Waals surface area contributed by atoms with Gasteiger partial charge in [0.25, 0.3) is 0 Å². The molecule has 0 amide bonds. The fraction of sp³-hybridized carbons (Fsp3) is 0.900. The standard InChI is InChI=1S/C20H48O6Si5/c1-12-30(10,23-27(2,3)4)25-29(8,9)26-31(11,24-28(5,6)7)18-14-16-21-19-20-15-13-17-22-20/h12,20H,1,13-19H2,2-11H3. The zero-order valence-electron chi connectivity index (χ0n) is 21.8. The molecule has 0 aromatic rings. The molecule has 0 bridgehead atoms. The maximum absolute atomic E-state index is 6.80. The van der Waals surface area contributed by atoms with Gasteiger partial charge in [-0.25, -0.2) is 0 Å². The molecule has 0 aromatic heterocycles. The van der Waals surface area contributed by atoms with Crippen molar-refractivity contribution in [1.82, 2.24) is 0 Å². The van der Waals surface area contributed by atoms with Crippen LogP contribution in [0.2, 0.25) is 71.5 Å². The van der Waals surface area contributed by atoms with Crippen molar-refractivity contribution < 1.29 is 25.9 Å². The number of rotatable bonds is 15. The molecule has 3 atom stereocenters. The molecule has 1 heterocycles. The van der Waals surface area contributed by atoms with Gasteiger partial charge in [-0.05, 0) is 90.8 Å². The third kappa shape index (κ3) is 13.2. The molecular weight excluding hydrogens is 477 g/mol. The molecule has 1 rings (SSSR count). The van der Waals surface area contributed by atoms with Crippen LogP contribution in [0.15, 0.2) is 12.3 Å². The van der Waals surface area contributed by atoms with Crippen molar-refractivity contribution >= 4 is 42.3 Å². The van der Waals surface area contributed by atoms with E-state index in [0.717, 1.165) is 31.9 Å². The molecule has 1 aliphatic rings. The van der Waals surface area contributed by atoms with Crippen LogP contribution in [0, 0.1) is 0 Å². The topological polar surface area (TPSA) is 55.4 Å². The van der Waals surface area contributed by atoms with Gasteiger partial charge >= 0.3 is 25.7 Å². The Kier molecular flexibility index (Phi) is 11.3. The first-order chi connectivity index (χ1) is 14.0. The third-order valence-corrected chi connectivity index (χ3v) is 22.1. The fourth-order valence-electron chi connectivity index (χ4n) is 4.00. The maximum atomic E-state index is 6.80. The highest BCUT2D eigenvalue weighted by molar-refractivity contribution is 6.92. The first-order valence-electron chi connectivity index (χ1n) is 11.6. The summed E-state index contributed by atoms with van der Waals surface area (Å²) in [6.07, 6.45) is 3.44. The van der Waals surface area contributed by atoms with Crippen LogP contribution in [0.25, 0.3) is 0 Å². The van der Waals surface area contributed by atoms with Crippen LogP contribution in [0.1, 0.15) is 19.3 Å². The van der Waals surface area contributed by atoms with E-state index in [1.165, 1.54) is 0 Å². The van der Waals surface area contributed by atoms with Crippen molar-refractivity contribution in [3.05, 3.63) is 12.3 Å². The molecule has 0 aromatic carbocycles. The lowest BCUT2D eigenvalue weighted by Gasteiger charge is -2.42. The minimum Gasteiger partial charge on any atom is -0.437 e. The predicted molar refractivity (Wildman–Crippen MR) is 141 cm³/mol. The Bertz CT molecular complexity index is 559. The summed E-state index contributed by atoms with van der Waals surface area (Å²) in [6, 6.07) is 0.893. The molecule has 3 unspecified atom stereocenters. The van der Waals surface area contributed by atoms with Crippen LogP contribution in [0.3, 0.4) is 0 Å². The van der Waals surface area contributed by atoms with E-state index in [-0.39, 0.29) is 6.10 Å². The Labute approximate surface area is 197 Å². The van der Waals surface area contributed by atoms with Gasteiger partial charge in [0.15, 0.2) is 16.6 Å². The van der Waals surface area contributed by atoms with E-state index in [1.54, 1.807) is 0 Å². The van der Waals surface area contributed by atoms with Crippen LogP contribution < -0.4 is 0 Å². The van der Waals surface area contributed by atoms with Gasteiger partial charge in [0.05, 0.1) is 12.7 Å². The van der Waals surface area contributed by atoms with Crippen molar-refractivity contribution in [1.29, 1.82) is 0 Å². The van der Waals surface area contributed by atoms with E-state index in [9.17, 15) is 0 Å². The molecule has 1 fully saturated rings. The lowest BCUT2D eigenvalue weighted by atomic mass is 10.2. The average Bonchev–Trinajstić information content (AvgIpc) is 3.02. The van der Waals surface area contributed by atoms with Crippen LogP contribution in [0.5, 0.6) is 0 Å². The van der Waals surface area contributed by atoms with E-state index in [1.807, 2.05) is 5.70 Å². The maximum Gasteiger partial charge on any atom is 0.342 e. The smallest absolute Gasteiger partial charge is 0.342 e. The highest BCUT2D eigenvalue weighted by Crippen LogP contribution is 2.29. The van der Waals surface area contributed by atoms with E-state index >= 15 is 0 Å². The molecule has 11 heteroatoms. The Hall–Kier alpha value is 0.584. The van der Waals surface area contributed by atoms with Gasteiger partial charge < -0.3 is 25.9 Å².